The van der Waals surface area contributed by atoms with E-state index in [9.17, 15) is 15.0 Å². The zero-order valence-electron chi connectivity index (χ0n) is 11.8. The van der Waals surface area contributed by atoms with Crippen LogP contribution >= 0.6 is 15.9 Å². The number of carboxylic acid groups (broad SMARTS) is 1. The van der Waals surface area contributed by atoms with E-state index < -0.39 is 12.2 Å². The Balaban J connectivity index is 2.04. The van der Waals surface area contributed by atoms with Crippen LogP contribution in [-0.4, -0.2) is 38.5 Å². The van der Waals surface area contributed by atoms with Crippen molar-refractivity contribution in [3.05, 3.63) is 23.9 Å². The van der Waals surface area contributed by atoms with Gasteiger partial charge in [-0.1, -0.05) is 15.9 Å². The SMILES string of the molecule is CC(Cn1ncc2ccc3c(c21)C(O)C(Br)CO3)NC(=O)[O-]. The number of carbonyl (C=O) groups excluding carboxylic acids is 1. The summed E-state index contributed by atoms with van der Waals surface area (Å²) in [6, 6.07) is 3.31. The van der Waals surface area contributed by atoms with Crippen LogP contribution < -0.4 is 15.2 Å². The van der Waals surface area contributed by atoms with Crippen LogP contribution in [-0.2, 0) is 6.54 Å². The van der Waals surface area contributed by atoms with Gasteiger partial charge in [-0.05, 0) is 19.1 Å². The molecule has 22 heavy (non-hydrogen) atoms. The van der Waals surface area contributed by atoms with E-state index in [4.69, 9.17) is 4.74 Å². The quantitative estimate of drug-likeness (QED) is 0.770. The predicted molar refractivity (Wildman–Crippen MR) is 80.9 cm³/mol. The van der Waals surface area contributed by atoms with Crippen molar-refractivity contribution in [3.63, 3.8) is 0 Å². The van der Waals surface area contributed by atoms with Crippen molar-refractivity contribution >= 4 is 32.9 Å². The number of rotatable bonds is 3. The zero-order valence-corrected chi connectivity index (χ0v) is 13.4. The van der Waals surface area contributed by atoms with Crippen LogP contribution in [0.15, 0.2) is 18.3 Å². The van der Waals surface area contributed by atoms with Crippen molar-refractivity contribution in [3.8, 4) is 5.75 Å². The molecule has 7 nitrogen and oxygen atoms in total. The van der Waals surface area contributed by atoms with Crippen molar-refractivity contribution in [2.24, 2.45) is 0 Å². The first-order valence-electron chi connectivity index (χ1n) is 6.88. The number of nitrogens with one attached hydrogen (secondary N) is 1. The first kappa shape index (κ1) is 15.1. The monoisotopic (exact) mass is 368 g/mol. The minimum atomic E-state index is -1.32. The number of carbonyl (C=O) groups is 1. The fraction of sp³-hybridized carbons (Fsp3) is 0.429. The molecule has 2 heterocycles. The Morgan fingerprint density at radius 3 is 3.18 bits per heavy atom. The van der Waals surface area contributed by atoms with Crippen LogP contribution in [0.4, 0.5) is 4.79 Å². The average Bonchev–Trinajstić information content (AvgIpc) is 2.85. The number of aliphatic hydroxyl groups excluding tert-OH is 1. The highest BCUT2D eigenvalue weighted by Gasteiger charge is 2.30. The van der Waals surface area contributed by atoms with Crippen LogP contribution in [0.5, 0.6) is 5.75 Å². The summed E-state index contributed by atoms with van der Waals surface area (Å²) in [4.78, 5) is 10.4. The van der Waals surface area contributed by atoms with Crippen molar-refractivity contribution in [1.29, 1.82) is 0 Å². The lowest BCUT2D eigenvalue weighted by molar-refractivity contribution is -0.251. The van der Waals surface area contributed by atoms with Gasteiger partial charge in [-0.25, -0.2) is 0 Å². The number of aromatic nitrogens is 2. The van der Waals surface area contributed by atoms with Gasteiger partial charge in [0.25, 0.3) is 0 Å². The summed E-state index contributed by atoms with van der Waals surface area (Å²) in [6.45, 7) is 2.43. The summed E-state index contributed by atoms with van der Waals surface area (Å²) in [5, 5.41) is 28.5. The Labute approximate surface area is 135 Å². The number of fused-ring (bicyclic) bond motifs is 3. The number of aliphatic hydroxyl groups is 1. The van der Waals surface area contributed by atoms with Gasteiger partial charge in [0.15, 0.2) is 0 Å². The molecule has 8 heteroatoms. The highest BCUT2D eigenvalue weighted by Crippen LogP contribution is 2.40. The number of alkyl halides is 1. The van der Waals surface area contributed by atoms with Gasteiger partial charge in [0.2, 0.25) is 0 Å². The highest BCUT2D eigenvalue weighted by atomic mass is 79.9. The molecular formula is C14H15BrN3O4-. The van der Waals surface area contributed by atoms with Gasteiger partial charge in [-0.3, -0.25) is 4.68 Å². The third-order valence-electron chi connectivity index (χ3n) is 3.65. The summed E-state index contributed by atoms with van der Waals surface area (Å²) >= 11 is 3.40. The van der Waals surface area contributed by atoms with Crippen molar-refractivity contribution in [1.82, 2.24) is 15.1 Å². The smallest absolute Gasteiger partial charge is 0.134 e. The highest BCUT2D eigenvalue weighted by molar-refractivity contribution is 9.09. The van der Waals surface area contributed by atoms with Gasteiger partial charge in [0.05, 0.1) is 23.1 Å². The fourth-order valence-electron chi connectivity index (χ4n) is 2.69. The molecule has 0 saturated carbocycles. The predicted octanol–water partition coefficient (Wildman–Crippen LogP) is 0.547. The maximum absolute atomic E-state index is 10.6. The summed E-state index contributed by atoms with van der Waals surface area (Å²) in [5.41, 5.74) is 1.42. The molecule has 3 unspecified atom stereocenters. The topological polar surface area (TPSA) is 99.4 Å². The van der Waals surface area contributed by atoms with Crippen molar-refractivity contribution in [2.75, 3.05) is 6.61 Å². The Hall–Kier alpha value is -1.80. The number of benzene rings is 1. The van der Waals surface area contributed by atoms with E-state index in [1.807, 2.05) is 12.1 Å². The minimum absolute atomic E-state index is 0.201. The summed E-state index contributed by atoms with van der Waals surface area (Å²) < 4.78 is 7.31. The number of halogens is 1. The summed E-state index contributed by atoms with van der Waals surface area (Å²) in [6.07, 6.45) is -0.353. The third kappa shape index (κ3) is 2.64. The van der Waals surface area contributed by atoms with Gasteiger partial charge in [0, 0.05) is 17.0 Å². The average molecular weight is 369 g/mol. The molecule has 2 N–H and O–H groups in total. The molecule has 3 rings (SSSR count). The van der Waals surface area contributed by atoms with Gasteiger partial charge < -0.3 is 25.1 Å². The molecule has 0 spiro atoms. The second-order valence-electron chi connectivity index (χ2n) is 5.35. The van der Waals surface area contributed by atoms with Crippen LogP contribution in [0.3, 0.4) is 0 Å². The summed E-state index contributed by atoms with van der Waals surface area (Å²) in [5.74, 6) is 0.623. The third-order valence-corrected chi connectivity index (χ3v) is 4.42. The molecule has 0 radical (unpaired) electrons. The van der Waals surface area contributed by atoms with E-state index in [1.54, 1.807) is 17.8 Å². The number of hydrogen-bond acceptors (Lipinski definition) is 5. The van der Waals surface area contributed by atoms with E-state index >= 15 is 0 Å². The Kier molecular flexibility index (Phi) is 3.96. The molecule has 1 aliphatic rings. The molecule has 0 bridgehead atoms. The zero-order chi connectivity index (χ0) is 15.9. The van der Waals surface area contributed by atoms with Gasteiger partial charge in [0.1, 0.15) is 24.6 Å². The van der Waals surface area contributed by atoms with Crippen molar-refractivity contribution < 1.29 is 19.7 Å². The largest absolute Gasteiger partial charge is 0.530 e. The fourth-order valence-corrected chi connectivity index (χ4v) is 3.08. The number of ether oxygens (including phenoxy) is 1. The molecule has 3 atom stereocenters. The second kappa shape index (κ2) is 5.77. The van der Waals surface area contributed by atoms with Gasteiger partial charge in [-0.15, -0.1) is 0 Å². The van der Waals surface area contributed by atoms with E-state index in [0.717, 1.165) is 10.9 Å². The molecule has 1 aliphatic heterocycles. The van der Waals surface area contributed by atoms with Gasteiger partial charge >= 0.3 is 0 Å². The van der Waals surface area contributed by atoms with E-state index in [0.29, 0.717) is 24.5 Å². The van der Waals surface area contributed by atoms with Crippen molar-refractivity contribution in [2.45, 2.75) is 30.4 Å². The number of nitrogens with zero attached hydrogens (tertiary/aromatic N) is 2. The molecule has 1 aromatic carbocycles. The van der Waals surface area contributed by atoms with Crippen LogP contribution in [0.1, 0.15) is 18.6 Å². The molecule has 1 amide bonds. The standard InChI is InChI=1S/C14H16BrN3O4/c1-7(17-14(20)21)5-18-12-8(4-16-18)2-3-10-11(12)13(19)9(15)6-22-10/h2-4,7,9,13,17,19H,5-6H2,1H3,(H,20,21)/p-1. The first-order valence-corrected chi connectivity index (χ1v) is 7.80. The molecular weight excluding hydrogens is 354 g/mol. The maximum atomic E-state index is 10.6. The number of hydrogen-bond donors (Lipinski definition) is 2. The van der Waals surface area contributed by atoms with Crippen LogP contribution in [0, 0.1) is 0 Å². The molecule has 1 aromatic heterocycles. The Morgan fingerprint density at radius 1 is 1.68 bits per heavy atom. The Morgan fingerprint density at radius 2 is 2.45 bits per heavy atom. The summed E-state index contributed by atoms with van der Waals surface area (Å²) in [7, 11) is 0. The lowest BCUT2D eigenvalue weighted by Gasteiger charge is -2.28. The lowest BCUT2D eigenvalue weighted by atomic mass is 10.0. The minimum Gasteiger partial charge on any atom is -0.530 e. The first-order chi connectivity index (χ1) is 10.5. The van der Waals surface area contributed by atoms with E-state index in [1.165, 1.54) is 0 Å². The lowest BCUT2D eigenvalue weighted by Crippen LogP contribution is -2.43. The van der Waals surface area contributed by atoms with E-state index in [-0.39, 0.29) is 10.9 Å². The molecule has 0 aliphatic carbocycles. The molecule has 0 fully saturated rings. The number of amides is 1. The van der Waals surface area contributed by atoms with Crippen LogP contribution in [0.25, 0.3) is 10.9 Å². The normalized spacial score (nSPS) is 22.0. The molecule has 2 aromatic rings. The van der Waals surface area contributed by atoms with Crippen LogP contribution in [0.2, 0.25) is 0 Å². The van der Waals surface area contributed by atoms with Gasteiger partial charge in [-0.2, -0.15) is 5.10 Å². The van der Waals surface area contributed by atoms with E-state index in [2.05, 4.69) is 26.3 Å². The Bertz CT molecular complexity index is 717. The maximum Gasteiger partial charge on any atom is 0.134 e. The molecule has 118 valence electrons. The second-order valence-corrected chi connectivity index (χ2v) is 6.52. The molecule has 0 saturated heterocycles.